The second kappa shape index (κ2) is 3.95. The molecule has 0 aromatic heterocycles. The SMILES string of the molecule is c1ccc(CN2C[C@H]3CNC[C@@H]3C2)cc1. The highest BCUT2D eigenvalue weighted by molar-refractivity contribution is 5.14. The van der Waals surface area contributed by atoms with Crippen molar-refractivity contribution in [2.24, 2.45) is 11.8 Å². The van der Waals surface area contributed by atoms with Crippen LogP contribution < -0.4 is 5.32 Å². The molecule has 1 N–H and O–H groups in total. The molecule has 2 saturated heterocycles. The van der Waals surface area contributed by atoms with Gasteiger partial charge in [-0.15, -0.1) is 0 Å². The Hall–Kier alpha value is -0.860. The first-order valence-corrected chi connectivity index (χ1v) is 5.89. The van der Waals surface area contributed by atoms with Crippen molar-refractivity contribution >= 4 is 0 Å². The summed E-state index contributed by atoms with van der Waals surface area (Å²) in [7, 11) is 0. The van der Waals surface area contributed by atoms with Crippen LogP contribution in [0, 0.1) is 11.8 Å². The number of likely N-dealkylation sites (tertiary alicyclic amines) is 1. The molecule has 0 bridgehead atoms. The molecular weight excluding hydrogens is 184 g/mol. The van der Waals surface area contributed by atoms with Gasteiger partial charge in [-0.05, 0) is 30.5 Å². The van der Waals surface area contributed by atoms with Crippen LogP contribution in [0.25, 0.3) is 0 Å². The number of fused-ring (bicyclic) bond motifs is 1. The van der Waals surface area contributed by atoms with Crippen LogP contribution in [-0.4, -0.2) is 31.1 Å². The summed E-state index contributed by atoms with van der Waals surface area (Å²) in [6, 6.07) is 10.8. The van der Waals surface area contributed by atoms with E-state index in [9.17, 15) is 0 Å². The van der Waals surface area contributed by atoms with Crippen molar-refractivity contribution in [3.05, 3.63) is 35.9 Å². The van der Waals surface area contributed by atoms with Gasteiger partial charge in [0.25, 0.3) is 0 Å². The van der Waals surface area contributed by atoms with Crippen LogP contribution in [-0.2, 0) is 6.54 Å². The molecule has 2 aliphatic heterocycles. The topological polar surface area (TPSA) is 15.3 Å². The lowest BCUT2D eigenvalue weighted by Crippen LogP contribution is -2.25. The maximum atomic E-state index is 3.48. The standard InChI is InChI=1S/C13H18N2/c1-2-4-11(5-3-1)8-15-9-12-6-14-7-13(12)10-15/h1-5,12-14H,6-10H2/t12-,13-/m1/s1. The molecule has 0 spiro atoms. The lowest BCUT2D eigenvalue weighted by molar-refractivity contribution is 0.305. The Morgan fingerprint density at radius 2 is 1.73 bits per heavy atom. The second-order valence-corrected chi connectivity index (χ2v) is 4.86. The van der Waals surface area contributed by atoms with Gasteiger partial charge in [-0.3, -0.25) is 4.90 Å². The summed E-state index contributed by atoms with van der Waals surface area (Å²) in [5.74, 6) is 1.82. The number of nitrogens with zero attached hydrogens (tertiary/aromatic N) is 1. The molecule has 0 radical (unpaired) electrons. The molecule has 15 heavy (non-hydrogen) atoms. The van der Waals surface area contributed by atoms with Crippen molar-refractivity contribution in [2.75, 3.05) is 26.2 Å². The molecule has 0 unspecified atom stereocenters. The Bertz CT molecular complexity index is 311. The van der Waals surface area contributed by atoms with Crippen molar-refractivity contribution in [2.45, 2.75) is 6.54 Å². The third-order valence-corrected chi connectivity index (χ3v) is 3.71. The fourth-order valence-electron chi connectivity index (χ4n) is 2.92. The molecule has 0 amide bonds. The van der Waals surface area contributed by atoms with Crippen LogP contribution in [0.15, 0.2) is 30.3 Å². The third-order valence-electron chi connectivity index (χ3n) is 3.71. The molecule has 0 aliphatic carbocycles. The molecule has 80 valence electrons. The van der Waals surface area contributed by atoms with E-state index in [0.29, 0.717) is 0 Å². The van der Waals surface area contributed by atoms with Crippen LogP contribution >= 0.6 is 0 Å². The van der Waals surface area contributed by atoms with Gasteiger partial charge < -0.3 is 5.32 Å². The average Bonchev–Trinajstić information content (AvgIpc) is 2.79. The van der Waals surface area contributed by atoms with Crippen molar-refractivity contribution in [3.8, 4) is 0 Å². The summed E-state index contributed by atoms with van der Waals surface area (Å²) >= 11 is 0. The number of nitrogens with one attached hydrogen (secondary N) is 1. The summed E-state index contributed by atoms with van der Waals surface area (Å²) in [6.07, 6.45) is 0. The molecule has 2 nitrogen and oxygen atoms in total. The molecule has 0 saturated carbocycles. The van der Waals surface area contributed by atoms with E-state index in [1.54, 1.807) is 0 Å². The van der Waals surface area contributed by atoms with Crippen molar-refractivity contribution < 1.29 is 0 Å². The predicted octanol–water partition coefficient (Wildman–Crippen LogP) is 1.34. The van der Waals surface area contributed by atoms with Crippen LogP contribution in [0.3, 0.4) is 0 Å². The molecule has 2 aliphatic rings. The summed E-state index contributed by atoms with van der Waals surface area (Å²) in [5.41, 5.74) is 1.45. The fourth-order valence-corrected chi connectivity index (χ4v) is 2.92. The van der Waals surface area contributed by atoms with E-state index >= 15 is 0 Å². The Kier molecular flexibility index (Phi) is 2.47. The Labute approximate surface area is 91.3 Å². The number of hydrogen-bond donors (Lipinski definition) is 1. The van der Waals surface area contributed by atoms with Gasteiger partial charge in [0.15, 0.2) is 0 Å². The van der Waals surface area contributed by atoms with Crippen molar-refractivity contribution in [1.82, 2.24) is 10.2 Å². The number of benzene rings is 1. The van der Waals surface area contributed by atoms with Gasteiger partial charge in [0, 0.05) is 19.6 Å². The minimum Gasteiger partial charge on any atom is -0.316 e. The van der Waals surface area contributed by atoms with Crippen molar-refractivity contribution in [1.29, 1.82) is 0 Å². The average molecular weight is 202 g/mol. The Balaban J connectivity index is 1.62. The number of hydrogen-bond acceptors (Lipinski definition) is 2. The largest absolute Gasteiger partial charge is 0.316 e. The van der Waals surface area contributed by atoms with E-state index in [1.807, 2.05) is 0 Å². The first kappa shape index (κ1) is 9.37. The van der Waals surface area contributed by atoms with Gasteiger partial charge in [0.2, 0.25) is 0 Å². The third kappa shape index (κ3) is 1.92. The molecular formula is C13H18N2. The highest BCUT2D eigenvalue weighted by atomic mass is 15.2. The van der Waals surface area contributed by atoms with E-state index in [4.69, 9.17) is 0 Å². The minimum absolute atomic E-state index is 0.911. The highest BCUT2D eigenvalue weighted by Gasteiger charge is 2.35. The van der Waals surface area contributed by atoms with E-state index < -0.39 is 0 Å². The van der Waals surface area contributed by atoms with Crippen LogP contribution in [0.2, 0.25) is 0 Å². The lowest BCUT2D eigenvalue weighted by Gasteiger charge is -2.16. The van der Waals surface area contributed by atoms with E-state index in [0.717, 1.165) is 18.4 Å². The Morgan fingerprint density at radius 1 is 1.07 bits per heavy atom. The summed E-state index contributed by atoms with van der Waals surface area (Å²) in [5, 5.41) is 3.48. The predicted molar refractivity (Wildman–Crippen MR) is 61.6 cm³/mol. The molecule has 2 fully saturated rings. The number of rotatable bonds is 2. The maximum Gasteiger partial charge on any atom is 0.0233 e. The van der Waals surface area contributed by atoms with Gasteiger partial charge in [-0.25, -0.2) is 0 Å². The van der Waals surface area contributed by atoms with Gasteiger partial charge >= 0.3 is 0 Å². The molecule has 2 heteroatoms. The van der Waals surface area contributed by atoms with E-state index in [2.05, 4.69) is 40.5 Å². The zero-order valence-corrected chi connectivity index (χ0v) is 9.02. The zero-order valence-electron chi connectivity index (χ0n) is 9.02. The molecule has 3 rings (SSSR count). The fraction of sp³-hybridized carbons (Fsp3) is 0.538. The summed E-state index contributed by atoms with van der Waals surface area (Å²) in [4.78, 5) is 2.60. The van der Waals surface area contributed by atoms with Gasteiger partial charge in [0.05, 0.1) is 0 Å². The van der Waals surface area contributed by atoms with Gasteiger partial charge in [-0.1, -0.05) is 30.3 Å². The smallest absolute Gasteiger partial charge is 0.0233 e. The van der Waals surface area contributed by atoms with E-state index in [1.165, 1.54) is 31.7 Å². The van der Waals surface area contributed by atoms with Gasteiger partial charge in [-0.2, -0.15) is 0 Å². The van der Waals surface area contributed by atoms with E-state index in [-0.39, 0.29) is 0 Å². The quantitative estimate of drug-likeness (QED) is 0.778. The van der Waals surface area contributed by atoms with Crippen molar-refractivity contribution in [3.63, 3.8) is 0 Å². The first-order valence-electron chi connectivity index (χ1n) is 5.89. The summed E-state index contributed by atoms with van der Waals surface area (Å²) in [6.45, 7) is 6.17. The molecule has 2 heterocycles. The lowest BCUT2D eigenvalue weighted by atomic mass is 10.0. The monoisotopic (exact) mass is 202 g/mol. The highest BCUT2D eigenvalue weighted by Crippen LogP contribution is 2.27. The Morgan fingerprint density at radius 3 is 2.40 bits per heavy atom. The van der Waals surface area contributed by atoms with Gasteiger partial charge in [0.1, 0.15) is 0 Å². The second-order valence-electron chi connectivity index (χ2n) is 4.86. The molecule has 2 atom stereocenters. The van der Waals surface area contributed by atoms with Crippen LogP contribution in [0.5, 0.6) is 0 Å². The van der Waals surface area contributed by atoms with Crippen LogP contribution in [0.1, 0.15) is 5.56 Å². The molecule has 1 aromatic carbocycles. The van der Waals surface area contributed by atoms with Crippen LogP contribution in [0.4, 0.5) is 0 Å². The minimum atomic E-state index is 0.911. The first-order chi connectivity index (χ1) is 7.42. The zero-order chi connectivity index (χ0) is 10.1. The normalized spacial score (nSPS) is 30.7. The summed E-state index contributed by atoms with van der Waals surface area (Å²) < 4.78 is 0. The maximum absolute atomic E-state index is 3.48. The molecule has 1 aromatic rings.